The van der Waals surface area contributed by atoms with Gasteiger partial charge in [0.1, 0.15) is 11.5 Å². The minimum absolute atomic E-state index is 0.00127. The molecular weight excluding hydrogens is 314 g/mol. The second kappa shape index (κ2) is 5.98. The molecule has 3 heteroatoms. The van der Waals surface area contributed by atoms with Gasteiger partial charge in [0.15, 0.2) is 0 Å². The van der Waals surface area contributed by atoms with Crippen LogP contribution in [0.4, 0.5) is 0 Å². The van der Waals surface area contributed by atoms with Crippen LogP contribution in [0.1, 0.15) is 35.2 Å². The van der Waals surface area contributed by atoms with Gasteiger partial charge in [-0.1, -0.05) is 28.1 Å². The highest BCUT2D eigenvalue weighted by molar-refractivity contribution is 9.10. The van der Waals surface area contributed by atoms with Gasteiger partial charge in [-0.25, -0.2) is 0 Å². The van der Waals surface area contributed by atoms with Crippen LogP contribution < -0.4 is 10.5 Å². The smallest absolute Gasteiger partial charge is 0.130 e. The maximum atomic E-state index is 6.02. The Bertz CT molecular complexity index is 635. The first-order valence-electron chi connectivity index (χ1n) is 6.69. The Balaban J connectivity index is 2.33. The molecule has 0 fully saturated rings. The second-order valence-electron chi connectivity index (χ2n) is 5.28. The summed E-state index contributed by atoms with van der Waals surface area (Å²) in [6, 6.07) is 10.2. The zero-order valence-electron chi connectivity index (χ0n) is 12.3. The predicted octanol–water partition coefficient (Wildman–Crippen LogP) is 5.19. The van der Waals surface area contributed by atoms with E-state index >= 15 is 0 Å². The zero-order chi connectivity index (χ0) is 14.9. The van der Waals surface area contributed by atoms with Crippen LogP contribution in [0.5, 0.6) is 11.5 Å². The molecule has 0 aliphatic rings. The maximum absolute atomic E-state index is 6.02. The molecule has 2 rings (SSSR count). The molecule has 0 radical (unpaired) electrons. The van der Waals surface area contributed by atoms with E-state index < -0.39 is 0 Å². The van der Waals surface area contributed by atoms with E-state index in [1.165, 1.54) is 16.7 Å². The topological polar surface area (TPSA) is 35.2 Å². The van der Waals surface area contributed by atoms with Crippen molar-refractivity contribution >= 4 is 15.9 Å². The third-order valence-corrected chi connectivity index (χ3v) is 4.14. The highest BCUT2D eigenvalue weighted by Crippen LogP contribution is 2.32. The van der Waals surface area contributed by atoms with Crippen molar-refractivity contribution in [2.45, 2.75) is 33.7 Å². The van der Waals surface area contributed by atoms with Crippen LogP contribution in [0.2, 0.25) is 0 Å². The van der Waals surface area contributed by atoms with Crippen LogP contribution in [-0.4, -0.2) is 0 Å². The Morgan fingerprint density at radius 2 is 1.80 bits per heavy atom. The Kier molecular flexibility index (Phi) is 4.51. The fourth-order valence-electron chi connectivity index (χ4n) is 2.17. The SMILES string of the molecule is Cc1cc(C)c(C)c(Oc2ccc(C(C)N)c(Br)c2)c1. The van der Waals surface area contributed by atoms with Gasteiger partial charge in [-0.3, -0.25) is 0 Å². The van der Waals surface area contributed by atoms with Crippen molar-refractivity contribution in [3.05, 3.63) is 57.1 Å². The first kappa shape index (κ1) is 15.1. The molecule has 0 heterocycles. The Morgan fingerprint density at radius 1 is 1.10 bits per heavy atom. The summed E-state index contributed by atoms with van der Waals surface area (Å²) in [4.78, 5) is 0. The lowest BCUT2D eigenvalue weighted by molar-refractivity contribution is 0.477. The molecule has 1 unspecified atom stereocenters. The molecule has 0 aliphatic heterocycles. The lowest BCUT2D eigenvalue weighted by Gasteiger charge is -2.14. The largest absolute Gasteiger partial charge is 0.457 e. The van der Waals surface area contributed by atoms with Crippen molar-refractivity contribution in [3.63, 3.8) is 0 Å². The van der Waals surface area contributed by atoms with E-state index in [9.17, 15) is 0 Å². The highest BCUT2D eigenvalue weighted by Gasteiger charge is 2.09. The second-order valence-corrected chi connectivity index (χ2v) is 6.13. The van der Waals surface area contributed by atoms with Gasteiger partial charge >= 0.3 is 0 Å². The molecule has 2 aromatic carbocycles. The van der Waals surface area contributed by atoms with E-state index in [4.69, 9.17) is 10.5 Å². The first-order valence-corrected chi connectivity index (χ1v) is 7.48. The van der Waals surface area contributed by atoms with Crippen molar-refractivity contribution in [1.29, 1.82) is 0 Å². The first-order chi connectivity index (χ1) is 9.38. The van der Waals surface area contributed by atoms with E-state index in [1.807, 2.05) is 25.1 Å². The summed E-state index contributed by atoms with van der Waals surface area (Å²) in [7, 11) is 0. The van der Waals surface area contributed by atoms with Crippen molar-refractivity contribution in [2.75, 3.05) is 0 Å². The van der Waals surface area contributed by atoms with Crippen LogP contribution >= 0.6 is 15.9 Å². The normalized spacial score (nSPS) is 12.3. The quantitative estimate of drug-likeness (QED) is 0.839. The predicted molar refractivity (Wildman–Crippen MR) is 87.5 cm³/mol. The van der Waals surface area contributed by atoms with Gasteiger partial charge in [-0.15, -0.1) is 0 Å². The standard InChI is InChI=1S/C17H20BrNO/c1-10-7-11(2)12(3)17(8-10)20-14-5-6-15(13(4)19)16(18)9-14/h5-9,13H,19H2,1-4H3. The number of hydrogen-bond acceptors (Lipinski definition) is 2. The number of nitrogens with two attached hydrogens (primary N) is 1. The fourth-order valence-corrected chi connectivity index (χ4v) is 2.89. The summed E-state index contributed by atoms with van der Waals surface area (Å²) >= 11 is 3.55. The van der Waals surface area contributed by atoms with Crippen molar-refractivity contribution in [3.8, 4) is 11.5 Å². The van der Waals surface area contributed by atoms with E-state index in [1.54, 1.807) is 0 Å². The Labute approximate surface area is 129 Å². The van der Waals surface area contributed by atoms with Crippen LogP contribution in [0.3, 0.4) is 0 Å². The minimum Gasteiger partial charge on any atom is -0.457 e. The highest BCUT2D eigenvalue weighted by atomic mass is 79.9. The van der Waals surface area contributed by atoms with E-state index in [0.29, 0.717) is 0 Å². The van der Waals surface area contributed by atoms with Crippen molar-refractivity contribution in [1.82, 2.24) is 0 Å². The number of ether oxygens (including phenoxy) is 1. The molecule has 2 nitrogen and oxygen atoms in total. The third-order valence-electron chi connectivity index (χ3n) is 3.45. The van der Waals surface area contributed by atoms with Crippen LogP contribution in [0, 0.1) is 20.8 Å². The van der Waals surface area contributed by atoms with Crippen LogP contribution in [-0.2, 0) is 0 Å². The number of hydrogen-bond donors (Lipinski definition) is 1. The van der Waals surface area contributed by atoms with Gasteiger partial charge in [-0.05, 0) is 68.1 Å². The van der Waals surface area contributed by atoms with Crippen molar-refractivity contribution in [2.24, 2.45) is 5.73 Å². The van der Waals surface area contributed by atoms with E-state index in [0.717, 1.165) is 21.5 Å². The van der Waals surface area contributed by atoms with Gasteiger partial charge in [0.2, 0.25) is 0 Å². The molecule has 106 valence electrons. The number of rotatable bonds is 3. The molecule has 2 aromatic rings. The van der Waals surface area contributed by atoms with Gasteiger partial charge in [0, 0.05) is 10.5 Å². The summed E-state index contributed by atoms with van der Waals surface area (Å²) < 4.78 is 6.99. The summed E-state index contributed by atoms with van der Waals surface area (Å²) in [5.74, 6) is 1.72. The molecule has 0 bridgehead atoms. The zero-order valence-corrected chi connectivity index (χ0v) is 13.9. The summed E-state index contributed by atoms with van der Waals surface area (Å²) in [6.07, 6.45) is 0. The van der Waals surface area contributed by atoms with Gasteiger partial charge in [-0.2, -0.15) is 0 Å². The van der Waals surface area contributed by atoms with Gasteiger partial charge in [0.05, 0.1) is 0 Å². The lowest BCUT2D eigenvalue weighted by Crippen LogP contribution is -2.05. The molecule has 0 amide bonds. The summed E-state index contributed by atoms with van der Waals surface area (Å²) in [5.41, 5.74) is 10.6. The Morgan fingerprint density at radius 3 is 2.40 bits per heavy atom. The molecule has 0 aliphatic carbocycles. The molecule has 1 atom stereocenters. The Hall–Kier alpha value is -1.32. The van der Waals surface area contributed by atoms with Crippen molar-refractivity contribution < 1.29 is 4.74 Å². The molecular formula is C17H20BrNO. The number of aryl methyl sites for hydroxylation is 2. The van der Waals surface area contributed by atoms with Gasteiger partial charge in [0.25, 0.3) is 0 Å². The third kappa shape index (κ3) is 3.22. The monoisotopic (exact) mass is 333 g/mol. The number of benzene rings is 2. The van der Waals surface area contributed by atoms with E-state index in [-0.39, 0.29) is 6.04 Å². The van der Waals surface area contributed by atoms with Crippen LogP contribution in [0.15, 0.2) is 34.8 Å². The average Bonchev–Trinajstić information content (AvgIpc) is 2.35. The average molecular weight is 334 g/mol. The van der Waals surface area contributed by atoms with E-state index in [2.05, 4.69) is 48.8 Å². The van der Waals surface area contributed by atoms with Crippen LogP contribution in [0.25, 0.3) is 0 Å². The molecule has 20 heavy (non-hydrogen) atoms. The molecule has 0 aromatic heterocycles. The molecule has 0 saturated carbocycles. The maximum Gasteiger partial charge on any atom is 0.130 e. The van der Waals surface area contributed by atoms with Gasteiger partial charge < -0.3 is 10.5 Å². The molecule has 2 N–H and O–H groups in total. The summed E-state index contributed by atoms with van der Waals surface area (Å²) in [6.45, 7) is 8.23. The molecule has 0 saturated heterocycles. The molecule has 0 spiro atoms. The lowest BCUT2D eigenvalue weighted by atomic mass is 10.1. The number of halogens is 1. The fraction of sp³-hybridized carbons (Fsp3) is 0.294. The summed E-state index contributed by atoms with van der Waals surface area (Å²) in [5, 5.41) is 0. The minimum atomic E-state index is 0.00127.